The van der Waals surface area contributed by atoms with Crippen LogP contribution in [0, 0.1) is 23.2 Å². The van der Waals surface area contributed by atoms with Crippen LogP contribution in [0.2, 0.25) is 0 Å². The highest BCUT2D eigenvalue weighted by atomic mass is 16.5. The van der Waals surface area contributed by atoms with Crippen LogP contribution in [0.3, 0.4) is 0 Å². The van der Waals surface area contributed by atoms with Crippen molar-refractivity contribution in [2.75, 3.05) is 11.9 Å². The zero-order valence-electron chi connectivity index (χ0n) is 16.3. The van der Waals surface area contributed by atoms with Crippen molar-refractivity contribution in [3.8, 4) is 0 Å². The van der Waals surface area contributed by atoms with Crippen molar-refractivity contribution in [3.63, 3.8) is 0 Å². The van der Waals surface area contributed by atoms with Gasteiger partial charge in [-0.05, 0) is 92.4 Å². The molecule has 5 heteroatoms. The predicted molar refractivity (Wildman–Crippen MR) is 104 cm³/mol. The van der Waals surface area contributed by atoms with Crippen LogP contribution in [0.15, 0.2) is 18.2 Å². The van der Waals surface area contributed by atoms with Gasteiger partial charge in [-0.1, -0.05) is 0 Å². The number of nitrogens with one attached hydrogen (secondary N) is 1. The number of fused-ring (bicyclic) bond motifs is 1. The Balaban J connectivity index is 1.20. The number of Topliss-reactive ketones (excluding diaryl/α,β-unsaturated/α-hetero) is 1. The first-order chi connectivity index (χ1) is 13.4. The zero-order chi connectivity index (χ0) is 19.5. The first-order valence-electron chi connectivity index (χ1n) is 10.5. The van der Waals surface area contributed by atoms with E-state index in [9.17, 15) is 14.4 Å². The molecule has 4 bridgehead atoms. The molecule has 0 spiro atoms. The van der Waals surface area contributed by atoms with Crippen molar-refractivity contribution in [1.29, 1.82) is 0 Å². The van der Waals surface area contributed by atoms with E-state index in [0.717, 1.165) is 48.3 Å². The van der Waals surface area contributed by atoms with Gasteiger partial charge in [-0.2, -0.15) is 0 Å². The number of hydrogen-bond acceptors (Lipinski definition) is 4. The van der Waals surface area contributed by atoms with Crippen LogP contribution in [-0.4, -0.2) is 24.3 Å². The molecular formula is C23H27NO4. The van der Waals surface area contributed by atoms with E-state index in [2.05, 4.69) is 5.32 Å². The van der Waals surface area contributed by atoms with Gasteiger partial charge < -0.3 is 10.1 Å². The lowest BCUT2D eigenvalue weighted by Crippen LogP contribution is -2.47. The number of carbonyl (C=O) groups is 3. The Morgan fingerprint density at radius 2 is 1.75 bits per heavy atom. The molecule has 4 saturated carbocycles. The topological polar surface area (TPSA) is 72.5 Å². The molecule has 0 unspecified atom stereocenters. The van der Waals surface area contributed by atoms with E-state index in [0.29, 0.717) is 12.0 Å². The van der Waals surface area contributed by atoms with Gasteiger partial charge in [0.2, 0.25) is 5.91 Å². The standard InChI is InChI=1S/C23H27NO4/c1-13-18-7-17(2-3-19(18)24-22(13)27)20(25)12-28-21(26)11-23-8-14-4-15(9-23)6-16(5-14)10-23/h2-3,7,13-16H,4-6,8-12H2,1H3,(H,24,27)/t13-,14?,15?,16?,23?/m1/s1. The van der Waals surface area contributed by atoms with Crippen molar-refractivity contribution in [2.45, 2.75) is 57.8 Å². The lowest BCUT2D eigenvalue weighted by molar-refractivity contribution is -0.150. The number of carbonyl (C=O) groups excluding carboxylic acids is 3. The smallest absolute Gasteiger partial charge is 0.306 e. The molecule has 4 fully saturated rings. The second kappa shape index (κ2) is 6.43. The molecular weight excluding hydrogens is 354 g/mol. The minimum atomic E-state index is -0.263. The van der Waals surface area contributed by atoms with Crippen LogP contribution in [0.4, 0.5) is 5.69 Å². The van der Waals surface area contributed by atoms with Gasteiger partial charge in [-0.25, -0.2) is 0 Å². The molecule has 1 aromatic rings. The van der Waals surface area contributed by atoms with E-state index in [1.54, 1.807) is 18.2 Å². The maximum absolute atomic E-state index is 12.5. The Bertz CT molecular complexity index is 823. The Labute approximate surface area is 165 Å². The zero-order valence-corrected chi connectivity index (χ0v) is 16.3. The molecule has 148 valence electrons. The van der Waals surface area contributed by atoms with Crippen molar-refractivity contribution in [3.05, 3.63) is 29.3 Å². The number of ketones is 1. The summed E-state index contributed by atoms with van der Waals surface area (Å²) in [5.74, 6) is 1.62. The van der Waals surface area contributed by atoms with Gasteiger partial charge in [0, 0.05) is 11.3 Å². The highest BCUT2D eigenvalue weighted by Gasteiger charge is 2.51. The Kier molecular flexibility index (Phi) is 4.11. The third kappa shape index (κ3) is 3.05. The second-order valence-corrected chi connectivity index (χ2v) is 9.69. The van der Waals surface area contributed by atoms with Gasteiger partial charge in [0.15, 0.2) is 12.4 Å². The molecule has 1 amide bonds. The fraction of sp³-hybridized carbons (Fsp3) is 0.609. The lowest BCUT2D eigenvalue weighted by Gasteiger charge is -2.56. The minimum absolute atomic E-state index is 0.0541. The number of ether oxygens (including phenoxy) is 1. The van der Waals surface area contributed by atoms with Crippen molar-refractivity contribution < 1.29 is 19.1 Å². The average molecular weight is 381 g/mol. The Morgan fingerprint density at radius 3 is 2.39 bits per heavy atom. The van der Waals surface area contributed by atoms with Crippen LogP contribution in [-0.2, 0) is 14.3 Å². The summed E-state index contributed by atoms with van der Waals surface area (Å²) >= 11 is 0. The van der Waals surface area contributed by atoms with E-state index in [1.807, 2.05) is 6.92 Å². The molecule has 1 aromatic carbocycles. The summed E-state index contributed by atoms with van der Waals surface area (Å²) < 4.78 is 5.39. The van der Waals surface area contributed by atoms with E-state index >= 15 is 0 Å². The highest BCUT2D eigenvalue weighted by molar-refractivity contribution is 6.05. The summed E-state index contributed by atoms with van der Waals surface area (Å²) in [6.07, 6.45) is 7.98. The number of rotatable bonds is 5. The van der Waals surface area contributed by atoms with Crippen molar-refractivity contribution in [1.82, 2.24) is 0 Å². The molecule has 0 radical (unpaired) electrons. The SMILES string of the molecule is C[C@H]1C(=O)Nc2ccc(C(=O)COC(=O)CC34CC5CC(CC(C5)C3)C4)cc21. The first-order valence-corrected chi connectivity index (χ1v) is 10.5. The van der Waals surface area contributed by atoms with Gasteiger partial charge in [0.25, 0.3) is 0 Å². The largest absolute Gasteiger partial charge is 0.457 e. The van der Waals surface area contributed by atoms with Gasteiger partial charge >= 0.3 is 5.97 Å². The Morgan fingerprint density at radius 1 is 1.11 bits per heavy atom. The third-order valence-corrected chi connectivity index (χ3v) is 7.54. The molecule has 0 aromatic heterocycles. The van der Waals surface area contributed by atoms with Crippen molar-refractivity contribution in [2.24, 2.45) is 23.2 Å². The molecule has 5 aliphatic rings. The second-order valence-electron chi connectivity index (χ2n) is 9.69. The van der Waals surface area contributed by atoms with E-state index in [4.69, 9.17) is 4.74 Å². The first kappa shape index (κ1) is 17.9. The van der Waals surface area contributed by atoms with Crippen LogP contribution in [0.5, 0.6) is 0 Å². The van der Waals surface area contributed by atoms with Crippen LogP contribution in [0.1, 0.15) is 73.7 Å². The molecule has 5 nitrogen and oxygen atoms in total. The monoisotopic (exact) mass is 381 g/mol. The van der Waals surface area contributed by atoms with Crippen LogP contribution < -0.4 is 5.32 Å². The summed E-state index contributed by atoms with van der Waals surface area (Å²) in [4.78, 5) is 36.8. The van der Waals surface area contributed by atoms with E-state index < -0.39 is 0 Å². The summed E-state index contributed by atoms with van der Waals surface area (Å²) in [6, 6.07) is 5.18. The number of hydrogen-bond donors (Lipinski definition) is 1. The maximum atomic E-state index is 12.5. The molecule has 1 heterocycles. The summed E-state index contributed by atoms with van der Waals surface area (Å²) in [7, 11) is 0. The highest BCUT2D eigenvalue weighted by Crippen LogP contribution is 2.61. The summed E-state index contributed by atoms with van der Waals surface area (Å²) in [6.45, 7) is 1.60. The molecule has 6 rings (SSSR count). The molecule has 1 aliphatic heterocycles. The van der Waals surface area contributed by atoms with E-state index in [-0.39, 0.29) is 35.6 Å². The van der Waals surface area contributed by atoms with Crippen molar-refractivity contribution >= 4 is 23.3 Å². The number of amides is 1. The van der Waals surface area contributed by atoms with E-state index in [1.165, 1.54) is 19.3 Å². The van der Waals surface area contributed by atoms with Crippen LogP contribution >= 0.6 is 0 Å². The average Bonchev–Trinajstić information content (AvgIpc) is 2.92. The molecule has 0 saturated heterocycles. The summed E-state index contributed by atoms with van der Waals surface area (Å²) in [5.41, 5.74) is 2.21. The summed E-state index contributed by atoms with van der Waals surface area (Å²) in [5, 5.41) is 2.80. The van der Waals surface area contributed by atoms with Gasteiger partial charge in [-0.15, -0.1) is 0 Å². The molecule has 28 heavy (non-hydrogen) atoms. The maximum Gasteiger partial charge on any atom is 0.306 e. The normalized spacial score (nSPS) is 34.8. The number of anilines is 1. The van der Waals surface area contributed by atoms with Gasteiger partial charge in [0.1, 0.15) is 0 Å². The van der Waals surface area contributed by atoms with Crippen LogP contribution in [0.25, 0.3) is 0 Å². The van der Waals surface area contributed by atoms with Gasteiger partial charge in [0.05, 0.1) is 12.3 Å². The quantitative estimate of drug-likeness (QED) is 0.616. The molecule has 1 N–H and O–H groups in total. The lowest BCUT2D eigenvalue weighted by atomic mass is 9.49. The predicted octanol–water partition coefficient (Wildman–Crippen LogP) is 4.07. The number of benzene rings is 1. The fourth-order valence-electron chi connectivity index (χ4n) is 6.68. The third-order valence-electron chi connectivity index (χ3n) is 7.54. The fourth-order valence-corrected chi connectivity index (χ4v) is 6.68. The molecule has 1 atom stereocenters. The number of esters is 1. The van der Waals surface area contributed by atoms with Gasteiger partial charge in [-0.3, -0.25) is 14.4 Å². The minimum Gasteiger partial charge on any atom is -0.457 e. The molecule has 4 aliphatic carbocycles. The Hall–Kier alpha value is -2.17.